The fourth-order valence-corrected chi connectivity index (χ4v) is 4.78. The van der Waals surface area contributed by atoms with Crippen LogP contribution >= 0.6 is 0 Å². The Morgan fingerprint density at radius 2 is 1.69 bits per heavy atom. The van der Waals surface area contributed by atoms with Crippen LogP contribution in [0.3, 0.4) is 0 Å². The normalized spacial score (nSPS) is 49.3. The van der Waals surface area contributed by atoms with Crippen LogP contribution < -0.4 is 5.73 Å². The third kappa shape index (κ3) is 1.25. The standard InChI is InChI=1S/C13H23NO2/c1-15-10-6-13(7-11(10)16-2)9-4-3-8(5-9)12(13)14/h8-12H,3-7,14H2,1-2H3/t8-,9+,10-,11-,12+/m1/s1. The van der Waals surface area contributed by atoms with Crippen molar-refractivity contribution in [3.05, 3.63) is 0 Å². The monoisotopic (exact) mass is 225 g/mol. The number of nitrogens with two attached hydrogens (primary N) is 1. The van der Waals surface area contributed by atoms with Gasteiger partial charge in [0, 0.05) is 20.3 Å². The predicted octanol–water partition coefficient (Wildman–Crippen LogP) is 1.55. The van der Waals surface area contributed by atoms with Crippen molar-refractivity contribution in [2.24, 2.45) is 23.0 Å². The van der Waals surface area contributed by atoms with Gasteiger partial charge in [-0.2, -0.15) is 0 Å². The Labute approximate surface area is 97.7 Å². The first-order valence-electron chi connectivity index (χ1n) is 6.52. The van der Waals surface area contributed by atoms with Gasteiger partial charge in [-0.05, 0) is 49.4 Å². The minimum absolute atomic E-state index is 0.260. The average Bonchev–Trinajstić information content (AvgIpc) is 2.97. The molecule has 2 N–H and O–H groups in total. The van der Waals surface area contributed by atoms with Crippen molar-refractivity contribution in [3.8, 4) is 0 Å². The van der Waals surface area contributed by atoms with Gasteiger partial charge in [0.05, 0.1) is 12.2 Å². The smallest absolute Gasteiger partial charge is 0.0838 e. The molecule has 92 valence electrons. The summed E-state index contributed by atoms with van der Waals surface area (Å²) in [5.41, 5.74) is 6.82. The molecule has 0 saturated heterocycles. The molecule has 1 spiro atoms. The fraction of sp³-hybridized carbons (Fsp3) is 1.00. The van der Waals surface area contributed by atoms with Gasteiger partial charge >= 0.3 is 0 Å². The molecule has 3 saturated carbocycles. The van der Waals surface area contributed by atoms with Gasteiger partial charge in [-0.15, -0.1) is 0 Å². The lowest BCUT2D eigenvalue weighted by molar-refractivity contribution is -0.0157. The molecule has 0 amide bonds. The Hall–Kier alpha value is -0.120. The summed E-state index contributed by atoms with van der Waals surface area (Å²) in [7, 11) is 3.60. The SMILES string of the molecule is CO[C@@H]1CC2(C[C@H]1OC)[C@H]1CC[C@H](C1)[C@@H]2N. The van der Waals surface area contributed by atoms with Gasteiger partial charge in [0.15, 0.2) is 0 Å². The van der Waals surface area contributed by atoms with E-state index in [-0.39, 0.29) is 12.2 Å². The lowest BCUT2D eigenvalue weighted by atomic mass is 9.69. The van der Waals surface area contributed by atoms with Crippen LogP contribution in [0, 0.1) is 17.3 Å². The zero-order valence-electron chi connectivity index (χ0n) is 10.3. The first kappa shape index (κ1) is 11.0. The number of rotatable bonds is 2. The molecule has 3 rings (SSSR count). The summed E-state index contributed by atoms with van der Waals surface area (Å²) in [5, 5.41) is 0. The molecule has 0 unspecified atom stereocenters. The number of hydrogen-bond acceptors (Lipinski definition) is 3. The maximum atomic E-state index is 6.48. The minimum Gasteiger partial charge on any atom is -0.379 e. The summed E-state index contributed by atoms with van der Waals surface area (Å²) < 4.78 is 11.2. The second-order valence-electron chi connectivity index (χ2n) is 5.99. The number of ether oxygens (including phenoxy) is 2. The predicted molar refractivity (Wildman–Crippen MR) is 62.1 cm³/mol. The van der Waals surface area contributed by atoms with Crippen molar-refractivity contribution >= 4 is 0 Å². The van der Waals surface area contributed by atoms with Crippen molar-refractivity contribution in [2.45, 2.75) is 50.4 Å². The summed E-state index contributed by atoms with van der Waals surface area (Å²) in [5.74, 6) is 1.61. The maximum Gasteiger partial charge on any atom is 0.0838 e. The van der Waals surface area contributed by atoms with Crippen molar-refractivity contribution in [3.63, 3.8) is 0 Å². The molecular formula is C13H23NO2. The highest BCUT2D eigenvalue weighted by Gasteiger charge is 2.61. The summed E-state index contributed by atoms with van der Waals surface area (Å²) >= 11 is 0. The quantitative estimate of drug-likeness (QED) is 0.775. The lowest BCUT2D eigenvalue weighted by Gasteiger charge is -2.39. The number of fused-ring (bicyclic) bond motifs is 3. The highest BCUT2D eigenvalue weighted by atomic mass is 16.5. The molecule has 3 aliphatic rings. The first-order chi connectivity index (χ1) is 7.71. The topological polar surface area (TPSA) is 44.5 Å². The molecule has 0 aromatic rings. The zero-order valence-corrected chi connectivity index (χ0v) is 10.3. The van der Waals surface area contributed by atoms with E-state index in [1.165, 1.54) is 19.3 Å². The maximum absolute atomic E-state index is 6.48. The Morgan fingerprint density at radius 3 is 2.12 bits per heavy atom. The third-order valence-corrected chi connectivity index (χ3v) is 5.64. The van der Waals surface area contributed by atoms with Crippen LogP contribution in [0.15, 0.2) is 0 Å². The second-order valence-corrected chi connectivity index (χ2v) is 5.99. The van der Waals surface area contributed by atoms with E-state index >= 15 is 0 Å². The first-order valence-corrected chi connectivity index (χ1v) is 6.52. The molecule has 0 aromatic carbocycles. The lowest BCUT2D eigenvalue weighted by Crippen LogP contribution is -2.45. The molecule has 16 heavy (non-hydrogen) atoms. The van der Waals surface area contributed by atoms with Gasteiger partial charge in [-0.1, -0.05) is 0 Å². The largest absolute Gasteiger partial charge is 0.379 e. The van der Waals surface area contributed by atoms with Gasteiger partial charge < -0.3 is 15.2 Å². The van der Waals surface area contributed by atoms with Crippen LogP contribution in [-0.2, 0) is 9.47 Å². The molecule has 5 atom stereocenters. The molecule has 0 aliphatic heterocycles. The molecule has 2 bridgehead atoms. The fourth-order valence-electron chi connectivity index (χ4n) is 4.78. The molecular weight excluding hydrogens is 202 g/mol. The van der Waals surface area contributed by atoms with E-state index in [1.807, 2.05) is 0 Å². The molecule has 0 radical (unpaired) electrons. The molecule has 0 heterocycles. The second kappa shape index (κ2) is 3.69. The minimum atomic E-state index is 0.260. The number of methoxy groups -OCH3 is 2. The van der Waals surface area contributed by atoms with Crippen LogP contribution in [-0.4, -0.2) is 32.5 Å². The molecule has 3 fully saturated rings. The van der Waals surface area contributed by atoms with Gasteiger partial charge in [-0.25, -0.2) is 0 Å². The highest BCUT2D eigenvalue weighted by molar-refractivity contribution is 5.13. The Bertz CT molecular complexity index is 265. The Balaban J connectivity index is 1.85. The third-order valence-electron chi connectivity index (χ3n) is 5.64. The van der Waals surface area contributed by atoms with Crippen molar-refractivity contribution in [1.29, 1.82) is 0 Å². The van der Waals surface area contributed by atoms with E-state index in [0.717, 1.165) is 24.7 Å². The summed E-state index contributed by atoms with van der Waals surface area (Å²) in [6.07, 6.45) is 6.84. The van der Waals surface area contributed by atoms with E-state index in [0.29, 0.717) is 11.5 Å². The summed E-state index contributed by atoms with van der Waals surface area (Å²) in [6, 6.07) is 0.393. The van der Waals surface area contributed by atoms with Crippen LogP contribution in [0.25, 0.3) is 0 Å². The van der Waals surface area contributed by atoms with Crippen LogP contribution in [0.2, 0.25) is 0 Å². The van der Waals surface area contributed by atoms with Gasteiger partial charge in [0.2, 0.25) is 0 Å². The van der Waals surface area contributed by atoms with Crippen molar-refractivity contribution in [2.75, 3.05) is 14.2 Å². The van der Waals surface area contributed by atoms with E-state index in [2.05, 4.69) is 0 Å². The molecule has 3 aliphatic carbocycles. The summed E-state index contributed by atoms with van der Waals surface area (Å²) in [6.45, 7) is 0. The van der Waals surface area contributed by atoms with Crippen LogP contribution in [0.4, 0.5) is 0 Å². The van der Waals surface area contributed by atoms with E-state index in [9.17, 15) is 0 Å². The van der Waals surface area contributed by atoms with Crippen LogP contribution in [0.5, 0.6) is 0 Å². The highest BCUT2D eigenvalue weighted by Crippen LogP contribution is 2.62. The summed E-state index contributed by atoms with van der Waals surface area (Å²) in [4.78, 5) is 0. The Kier molecular flexibility index (Phi) is 2.54. The van der Waals surface area contributed by atoms with Gasteiger partial charge in [-0.3, -0.25) is 0 Å². The van der Waals surface area contributed by atoms with Gasteiger partial charge in [0.25, 0.3) is 0 Å². The molecule has 3 nitrogen and oxygen atoms in total. The van der Waals surface area contributed by atoms with Crippen molar-refractivity contribution < 1.29 is 9.47 Å². The van der Waals surface area contributed by atoms with Crippen LogP contribution in [0.1, 0.15) is 32.1 Å². The Morgan fingerprint density at radius 1 is 1.06 bits per heavy atom. The molecule has 0 aromatic heterocycles. The average molecular weight is 225 g/mol. The number of hydrogen-bond donors (Lipinski definition) is 1. The zero-order chi connectivity index (χ0) is 11.3. The van der Waals surface area contributed by atoms with E-state index in [4.69, 9.17) is 15.2 Å². The van der Waals surface area contributed by atoms with E-state index < -0.39 is 0 Å². The molecule has 3 heteroatoms. The van der Waals surface area contributed by atoms with Crippen molar-refractivity contribution in [1.82, 2.24) is 0 Å². The van der Waals surface area contributed by atoms with Gasteiger partial charge in [0.1, 0.15) is 0 Å². The van der Waals surface area contributed by atoms with E-state index in [1.54, 1.807) is 14.2 Å².